The largest absolute Gasteiger partial charge is 0.379 e. The predicted molar refractivity (Wildman–Crippen MR) is 147 cm³/mol. The van der Waals surface area contributed by atoms with E-state index in [-0.39, 0.29) is 17.9 Å². The third kappa shape index (κ3) is 5.89. The minimum Gasteiger partial charge on any atom is -0.379 e. The summed E-state index contributed by atoms with van der Waals surface area (Å²) in [4.78, 5) is 38.4. The Bertz CT molecular complexity index is 1410. The fourth-order valence-electron chi connectivity index (χ4n) is 6.12. The van der Waals surface area contributed by atoms with Crippen molar-refractivity contribution in [3.05, 3.63) is 65.0 Å². The van der Waals surface area contributed by atoms with Gasteiger partial charge >= 0.3 is 0 Å². The molecular weight excluding hydrogens is 513 g/mol. The fourth-order valence-corrected chi connectivity index (χ4v) is 6.12. The summed E-state index contributed by atoms with van der Waals surface area (Å²) in [6.07, 6.45) is 3.22. The van der Waals surface area contributed by atoms with Gasteiger partial charge in [0.2, 0.25) is 11.5 Å². The lowest BCUT2D eigenvalue weighted by molar-refractivity contribution is -0.140. The molecule has 0 radical (unpaired) electrons. The highest BCUT2D eigenvalue weighted by Crippen LogP contribution is 2.34. The van der Waals surface area contributed by atoms with Crippen LogP contribution in [-0.2, 0) is 20.8 Å². The van der Waals surface area contributed by atoms with Gasteiger partial charge in [0, 0.05) is 50.2 Å². The number of aromatic amines is 1. The van der Waals surface area contributed by atoms with E-state index in [1.165, 1.54) is 29.8 Å². The van der Waals surface area contributed by atoms with Crippen molar-refractivity contribution in [2.75, 3.05) is 52.6 Å². The summed E-state index contributed by atoms with van der Waals surface area (Å²) in [5.74, 6) is -0.577. The maximum Gasteiger partial charge on any atom is 0.280 e. The molecule has 2 aliphatic heterocycles. The second-order valence-electron chi connectivity index (χ2n) is 10.9. The summed E-state index contributed by atoms with van der Waals surface area (Å²) in [6.45, 7) is 6.65. The van der Waals surface area contributed by atoms with Crippen molar-refractivity contribution in [2.24, 2.45) is 10.9 Å². The number of hydrogen-bond acceptors (Lipinski definition) is 5. The molecule has 1 aromatic heterocycles. The Kier molecular flexibility index (Phi) is 8.08. The zero-order valence-electron chi connectivity index (χ0n) is 22.7. The maximum absolute atomic E-state index is 13.4. The summed E-state index contributed by atoms with van der Waals surface area (Å²) < 4.78 is 26.5. The van der Waals surface area contributed by atoms with Gasteiger partial charge in [0.1, 0.15) is 5.82 Å². The lowest BCUT2D eigenvalue weighted by Gasteiger charge is -2.34. The molecular formula is C30H36FN5O4. The van der Waals surface area contributed by atoms with Crippen LogP contribution in [-0.4, -0.2) is 83.8 Å². The minimum atomic E-state index is -0.426. The third-order valence-corrected chi connectivity index (χ3v) is 8.34. The molecule has 212 valence electrons. The first-order chi connectivity index (χ1) is 19.5. The molecule has 3 aliphatic rings. The average molecular weight is 550 g/mol. The number of nitrogens with one attached hydrogen (secondary N) is 1. The Labute approximate surface area is 232 Å². The Morgan fingerprint density at radius 1 is 0.900 bits per heavy atom. The highest BCUT2D eigenvalue weighted by Gasteiger charge is 2.32. The predicted octanol–water partition coefficient (Wildman–Crippen LogP) is 3.27. The van der Waals surface area contributed by atoms with Crippen molar-refractivity contribution in [1.29, 1.82) is 0 Å². The number of nitrogens with zero attached hydrogens (tertiary/aromatic N) is 4. The van der Waals surface area contributed by atoms with Crippen molar-refractivity contribution >= 4 is 22.8 Å². The van der Waals surface area contributed by atoms with Crippen LogP contribution >= 0.6 is 0 Å². The Morgan fingerprint density at radius 3 is 2.27 bits per heavy atom. The van der Waals surface area contributed by atoms with E-state index in [9.17, 15) is 14.0 Å². The first-order valence-corrected chi connectivity index (χ1v) is 14.3. The van der Waals surface area contributed by atoms with Crippen molar-refractivity contribution < 1.29 is 23.5 Å². The molecule has 6 rings (SSSR count). The van der Waals surface area contributed by atoms with Gasteiger partial charge in [0.25, 0.3) is 5.91 Å². The molecule has 3 fully saturated rings. The molecule has 1 N–H and O–H groups in total. The molecule has 10 heteroatoms. The van der Waals surface area contributed by atoms with Crippen molar-refractivity contribution in [1.82, 2.24) is 19.4 Å². The van der Waals surface area contributed by atoms with Crippen molar-refractivity contribution in [2.45, 2.75) is 38.3 Å². The molecule has 2 amide bonds. The Morgan fingerprint density at radius 2 is 1.57 bits per heavy atom. The first-order valence-electron chi connectivity index (χ1n) is 14.3. The average Bonchev–Trinajstić information content (AvgIpc) is 3.35. The number of benzene rings is 2. The van der Waals surface area contributed by atoms with Gasteiger partial charge in [-0.05, 0) is 67.6 Å². The molecule has 3 aromatic rings. The highest BCUT2D eigenvalue weighted by atomic mass is 19.1. The van der Waals surface area contributed by atoms with Gasteiger partial charge < -0.3 is 23.9 Å². The standard InChI is InChI=1S/C30H36FN5O4/c31-24-6-2-22(3-7-24)28(37)33-30-32-26-10-1-21(20-34-11-15-39-16-12-34)19-27(26)36(30)25-8-4-23(5-9-25)29(38)35-13-17-40-18-14-35/h1-3,6-7,10,19,23,25H,4-5,8-9,11-18,20H2,(H,32,33,37)/t23-,25+. The lowest BCUT2D eigenvalue weighted by atomic mass is 9.85. The van der Waals surface area contributed by atoms with Crippen LogP contribution in [0, 0.1) is 11.7 Å². The van der Waals surface area contributed by atoms with E-state index in [4.69, 9.17) is 9.47 Å². The van der Waals surface area contributed by atoms with E-state index < -0.39 is 11.7 Å². The summed E-state index contributed by atoms with van der Waals surface area (Å²) in [7, 11) is 0. The van der Waals surface area contributed by atoms with Crippen LogP contribution in [0.2, 0.25) is 0 Å². The summed E-state index contributed by atoms with van der Waals surface area (Å²) in [5.41, 5.74) is 3.91. The van der Waals surface area contributed by atoms with Crippen molar-refractivity contribution in [3.63, 3.8) is 0 Å². The van der Waals surface area contributed by atoms with Crippen LogP contribution in [0.3, 0.4) is 0 Å². The van der Waals surface area contributed by atoms with Crippen LogP contribution in [0.25, 0.3) is 11.0 Å². The van der Waals surface area contributed by atoms with Gasteiger partial charge in [0.15, 0.2) is 0 Å². The number of amides is 2. The number of aromatic nitrogens is 2. The maximum atomic E-state index is 13.4. The third-order valence-electron chi connectivity index (χ3n) is 8.34. The smallest absolute Gasteiger partial charge is 0.280 e. The molecule has 1 aliphatic carbocycles. The molecule has 0 bridgehead atoms. The van der Waals surface area contributed by atoms with E-state index in [1.807, 2.05) is 4.90 Å². The molecule has 9 nitrogen and oxygen atoms in total. The van der Waals surface area contributed by atoms with Gasteiger partial charge in [-0.2, -0.15) is 4.99 Å². The van der Waals surface area contributed by atoms with Gasteiger partial charge in [-0.15, -0.1) is 0 Å². The Hall–Kier alpha value is -3.34. The lowest BCUT2D eigenvalue weighted by Crippen LogP contribution is -2.44. The monoisotopic (exact) mass is 549 g/mol. The SMILES string of the molecule is O=C(/N=c1\[nH]c2ccc(CN3CCOCC3)cc2n1[C@H]1CC[C@@H](C(=O)N2CCOCC2)CC1)c1ccc(F)cc1. The van der Waals surface area contributed by atoms with E-state index in [0.29, 0.717) is 37.5 Å². The molecule has 3 heterocycles. The molecule has 0 unspecified atom stereocenters. The number of H-pyrrole nitrogens is 1. The number of halogens is 1. The van der Waals surface area contributed by atoms with Gasteiger partial charge in [0.05, 0.1) is 37.5 Å². The topological polar surface area (TPSA) is 92.2 Å². The Balaban J connectivity index is 1.30. The number of carbonyl (C=O) groups excluding carboxylic acids is 2. The molecule has 40 heavy (non-hydrogen) atoms. The molecule has 1 saturated carbocycles. The second-order valence-corrected chi connectivity index (χ2v) is 10.9. The van der Waals surface area contributed by atoms with E-state index >= 15 is 0 Å². The molecule has 2 saturated heterocycles. The molecule has 0 atom stereocenters. The normalized spacial score (nSPS) is 23.0. The second kappa shape index (κ2) is 12.0. The minimum absolute atomic E-state index is 0.0123. The van der Waals surface area contributed by atoms with Crippen LogP contribution in [0.4, 0.5) is 4.39 Å². The summed E-state index contributed by atoms with van der Waals surface area (Å²) >= 11 is 0. The van der Waals surface area contributed by atoms with Gasteiger partial charge in [-0.25, -0.2) is 4.39 Å². The summed E-state index contributed by atoms with van der Waals surface area (Å²) in [6, 6.07) is 11.9. The van der Waals surface area contributed by atoms with E-state index in [0.717, 1.165) is 69.6 Å². The highest BCUT2D eigenvalue weighted by molar-refractivity contribution is 5.95. The van der Waals surface area contributed by atoms with Crippen LogP contribution in [0.1, 0.15) is 47.6 Å². The number of rotatable bonds is 5. The van der Waals surface area contributed by atoms with Gasteiger partial charge in [-0.3, -0.25) is 14.5 Å². The van der Waals surface area contributed by atoms with E-state index in [2.05, 4.69) is 37.6 Å². The molecule has 2 aromatic carbocycles. The number of fused-ring (bicyclic) bond motifs is 1. The van der Waals surface area contributed by atoms with Crippen LogP contribution < -0.4 is 5.62 Å². The summed E-state index contributed by atoms with van der Waals surface area (Å²) in [5, 5.41) is 0. The van der Waals surface area contributed by atoms with Crippen LogP contribution in [0.5, 0.6) is 0 Å². The van der Waals surface area contributed by atoms with Crippen molar-refractivity contribution in [3.8, 4) is 0 Å². The first kappa shape index (κ1) is 26.9. The zero-order valence-corrected chi connectivity index (χ0v) is 22.7. The van der Waals surface area contributed by atoms with Gasteiger partial charge in [-0.1, -0.05) is 6.07 Å². The fraction of sp³-hybridized carbons (Fsp3) is 0.500. The number of hydrogen-bond donors (Lipinski definition) is 1. The molecule has 0 spiro atoms. The van der Waals surface area contributed by atoms with E-state index in [1.54, 1.807) is 0 Å². The number of carbonyl (C=O) groups is 2. The quantitative estimate of drug-likeness (QED) is 0.528. The number of ether oxygens (including phenoxy) is 2. The van der Waals surface area contributed by atoms with Crippen LogP contribution in [0.15, 0.2) is 47.5 Å². The zero-order chi connectivity index (χ0) is 27.5. The number of imidazole rings is 1. The number of morpholine rings is 2.